The molecule has 1 heterocycles. The van der Waals surface area contributed by atoms with E-state index in [0.29, 0.717) is 6.54 Å². The van der Waals surface area contributed by atoms with Crippen molar-refractivity contribution in [1.82, 2.24) is 25.4 Å². The summed E-state index contributed by atoms with van der Waals surface area (Å²) in [6.07, 6.45) is 4.15. The van der Waals surface area contributed by atoms with E-state index in [4.69, 9.17) is 0 Å². The Morgan fingerprint density at radius 3 is 2.58 bits per heavy atom. The molecule has 0 unspecified atom stereocenters. The highest BCUT2D eigenvalue weighted by atomic mass is 127. The molecule has 0 aliphatic heterocycles. The molecule has 1 aromatic heterocycles. The molecule has 1 saturated carbocycles. The lowest BCUT2D eigenvalue weighted by atomic mass is 9.96. The fourth-order valence-electron chi connectivity index (χ4n) is 2.70. The number of nitrogens with zero attached hydrogens (tertiary/aromatic N) is 4. The Morgan fingerprint density at radius 2 is 2.00 bits per heavy atom. The van der Waals surface area contributed by atoms with Crippen LogP contribution in [0.2, 0.25) is 0 Å². The van der Waals surface area contributed by atoms with Gasteiger partial charge in [0.15, 0.2) is 11.8 Å². The van der Waals surface area contributed by atoms with E-state index in [-0.39, 0.29) is 29.4 Å². The van der Waals surface area contributed by atoms with Crippen molar-refractivity contribution in [3.05, 3.63) is 48.0 Å². The minimum atomic E-state index is 0. The average Bonchev–Trinajstić information content (AvgIpc) is 3.27. The van der Waals surface area contributed by atoms with Gasteiger partial charge in [0.25, 0.3) is 0 Å². The van der Waals surface area contributed by atoms with Gasteiger partial charge in [0.1, 0.15) is 12.9 Å². The molecule has 0 amide bonds. The normalized spacial score (nSPS) is 15.5. The van der Waals surface area contributed by atoms with Crippen LogP contribution >= 0.6 is 24.0 Å². The predicted molar refractivity (Wildman–Crippen MR) is 107 cm³/mol. The highest BCUT2D eigenvalue weighted by molar-refractivity contribution is 14.0. The molecule has 1 fully saturated rings. The number of benzene rings is 1. The summed E-state index contributed by atoms with van der Waals surface area (Å²) < 4.78 is 1.89. The lowest BCUT2D eigenvalue weighted by Gasteiger charge is -2.19. The molecule has 0 saturated heterocycles. The third kappa shape index (κ3) is 4.46. The Bertz CT molecular complexity index is 663. The van der Waals surface area contributed by atoms with Gasteiger partial charge in [-0.2, -0.15) is 0 Å². The molecular weight excluding hydrogens is 415 g/mol. The van der Waals surface area contributed by atoms with Gasteiger partial charge in [0.05, 0.1) is 0 Å². The standard InChI is InChI=1S/C17H24N6.HI/c1-3-18-16(19-11-15-22-21-13-23(15)2)20-12-17(9-10-17)14-7-5-4-6-8-14;/h4-8,13H,3,9-12H2,1-2H3,(H2,18,19,20);1H. The Hall–Kier alpha value is -1.64. The van der Waals surface area contributed by atoms with Gasteiger partial charge in [0, 0.05) is 25.6 Å². The summed E-state index contributed by atoms with van der Waals surface area (Å²) >= 11 is 0. The quantitative estimate of drug-likeness (QED) is 0.411. The summed E-state index contributed by atoms with van der Waals surface area (Å²) in [5.74, 6) is 1.68. The van der Waals surface area contributed by atoms with Crippen molar-refractivity contribution < 1.29 is 0 Å². The fourth-order valence-corrected chi connectivity index (χ4v) is 2.70. The van der Waals surface area contributed by atoms with Crippen LogP contribution in [0.15, 0.2) is 41.7 Å². The molecule has 1 aromatic carbocycles. The minimum Gasteiger partial charge on any atom is -0.357 e. The molecule has 0 spiro atoms. The average molecular weight is 440 g/mol. The van der Waals surface area contributed by atoms with Crippen molar-refractivity contribution >= 4 is 29.9 Å². The third-order valence-electron chi connectivity index (χ3n) is 4.36. The van der Waals surface area contributed by atoms with Crippen molar-refractivity contribution in [3.63, 3.8) is 0 Å². The van der Waals surface area contributed by atoms with E-state index in [2.05, 4.69) is 63.1 Å². The number of rotatable bonds is 6. The Balaban J connectivity index is 0.00000208. The zero-order valence-electron chi connectivity index (χ0n) is 14.2. The van der Waals surface area contributed by atoms with Gasteiger partial charge in [-0.1, -0.05) is 30.3 Å². The van der Waals surface area contributed by atoms with Crippen molar-refractivity contribution in [2.75, 3.05) is 13.1 Å². The second kappa shape index (κ2) is 8.46. The van der Waals surface area contributed by atoms with Gasteiger partial charge in [0.2, 0.25) is 0 Å². The molecule has 6 nitrogen and oxygen atoms in total. The third-order valence-corrected chi connectivity index (χ3v) is 4.36. The van der Waals surface area contributed by atoms with Crippen LogP contribution in [0, 0.1) is 0 Å². The highest BCUT2D eigenvalue weighted by Gasteiger charge is 2.43. The van der Waals surface area contributed by atoms with Crippen LogP contribution in [0.25, 0.3) is 0 Å². The minimum absolute atomic E-state index is 0. The first kappa shape index (κ1) is 18.7. The Labute approximate surface area is 160 Å². The van der Waals surface area contributed by atoms with Gasteiger partial charge in [-0.15, -0.1) is 34.2 Å². The van der Waals surface area contributed by atoms with E-state index in [0.717, 1.165) is 24.9 Å². The van der Waals surface area contributed by atoms with Crippen LogP contribution < -0.4 is 10.6 Å². The monoisotopic (exact) mass is 440 g/mol. The topological polar surface area (TPSA) is 67.1 Å². The number of aryl methyl sites for hydroxylation is 1. The van der Waals surface area contributed by atoms with Crippen molar-refractivity contribution in [2.45, 2.75) is 31.7 Å². The summed E-state index contributed by atoms with van der Waals surface area (Å²) in [4.78, 5) is 4.61. The van der Waals surface area contributed by atoms with Crippen LogP contribution in [0.5, 0.6) is 0 Å². The van der Waals surface area contributed by atoms with E-state index >= 15 is 0 Å². The molecular formula is C17H25IN6. The number of aromatic nitrogens is 3. The van der Waals surface area contributed by atoms with E-state index in [1.807, 2.05) is 11.6 Å². The van der Waals surface area contributed by atoms with Gasteiger partial charge in [-0.25, -0.2) is 4.99 Å². The SMILES string of the molecule is CCNC(=NCc1nncn1C)NCC1(c2ccccc2)CC1.I. The lowest BCUT2D eigenvalue weighted by molar-refractivity contribution is 0.644. The van der Waals surface area contributed by atoms with E-state index < -0.39 is 0 Å². The van der Waals surface area contributed by atoms with E-state index in [1.165, 1.54) is 18.4 Å². The van der Waals surface area contributed by atoms with Gasteiger partial charge in [-0.3, -0.25) is 0 Å². The smallest absolute Gasteiger partial charge is 0.191 e. The first-order valence-corrected chi connectivity index (χ1v) is 8.14. The van der Waals surface area contributed by atoms with Gasteiger partial charge < -0.3 is 15.2 Å². The summed E-state index contributed by atoms with van der Waals surface area (Å²) in [7, 11) is 1.93. The van der Waals surface area contributed by atoms with E-state index in [9.17, 15) is 0 Å². The summed E-state index contributed by atoms with van der Waals surface area (Å²) in [5.41, 5.74) is 1.68. The zero-order chi connectivity index (χ0) is 16.1. The van der Waals surface area contributed by atoms with Gasteiger partial charge in [-0.05, 0) is 25.3 Å². The first-order chi connectivity index (χ1) is 11.2. The van der Waals surface area contributed by atoms with Crippen LogP contribution in [0.1, 0.15) is 31.2 Å². The number of hydrogen-bond donors (Lipinski definition) is 2. The summed E-state index contributed by atoms with van der Waals surface area (Å²) in [6, 6.07) is 10.7. The molecule has 1 aliphatic rings. The molecule has 2 N–H and O–H groups in total. The van der Waals surface area contributed by atoms with Crippen LogP contribution in [0.3, 0.4) is 0 Å². The van der Waals surface area contributed by atoms with E-state index in [1.54, 1.807) is 6.33 Å². The molecule has 7 heteroatoms. The lowest BCUT2D eigenvalue weighted by Crippen LogP contribution is -2.41. The van der Waals surface area contributed by atoms with Crippen molar-refractivity contribution in [2.24, 2.45) is 12.0 Å². The molecule has 0 radical (unpaired) electrons. The molecule has 1 aliphatic carbocycles. The fraction of sp³-hybridized carbons (Fsp3) is 0.471. The molecule has 0 atom stereocenters. The van der Waals surface area contributed by atoms with Crippen LogP contribution in [0.4, 0.5) is 0 Å². The summed E-state index contributed by atoms with van der Waals surface area (Å²) in [5, 5.41) is 14.7. The molecule has 24 heavy (non-hydrogen) atoms. The maximum absolute atomic E-state index is 4.61. The van der Waals surface area contributed by atoms with Crippen molar-refractivity contribution in [3.8, 4) is 0 Å². The summed E-state index contributed by atoms with van der Waals surface area (Å²) in [6.45, 7) is 4.33. The van der Waals surface area contributed by atoms with Gasteiger partial charge >= 0.3 is 0 Å². The molecule has 130 valence electrons. The van der Waals surface area contributed by atoms with Crippen molar-refractivity contribution in [1.29, 1.82) is 0 Å². The molecule has 2 aromatic rings. The largest absolute Gasteiger partial charge is 0.357 e. The Morgan fingerprint density at radius 1 is 1.25 bits per heavy atom. The number of aliphatic imine (C=N–C) groups is 1. The molecule has 3 rings (SSSR count). The second-order valence-corrected chi connectivity index (χ2v) is 6.05. The second-order valence-electron chi connectivity index (χ2n) is 6.05. The zero-order valence-corrected chi connectivity index (χ0v) is 16.5. The first-order valence-electron chi connectivity index (χ1n) is 8.14. The number of nitrogens with one attached hydrogen (secondary N) is 2. The Kier molecular flexibility index (Phi) is 6.59. The maximum atomic E-state index is 4.61. The number of guanidine groups is 1. The highest BCUT2D eigenvalue weighted by Crippen LogP contribution is 2.47. The predicted octanol–water partition coefficient (Wildman–Crippen LogP) is 2.22. The van der Waals surface area contributed by atoms with Crippen LogP contribution in [-0.2, 0) is 19.0 Å². The maximum Gasteiger partial charge on any atom is 0.191 e. The molecule has 0 bridgehead atoms. The number of halogens is 1. The van der Waals surface area contributed by atoms with Crippen LogP contribution in [-0.4, -0.2) is 33.8 Å². The number of hydrogen-bond acceptors (Lipinski definition) is 3.